The van der Waals surface area contributed by atoms with E-state index in [0.717, 1.165) is 23.6 Å². The van der Waals surface area contributed by atoms with E-state index in [4.69, 9.17) is 5.11 Å². The van der Waals surface area contributed by atoms with Gasteiger partial charge < -0.3 is 5.11 Å². The number of fused-ring (bicyclic) bond motifs is 1. The van der Waals surface area contributed by atoms with Crippen LogP contribution in [0.2, 0.25) is 0 Å². The molecule has 0 saturated heterocycles. The molecule has 0 unspecified atom stereocenters. The summed E-state index contributed by atoms with van der Waals surface area (Å²) in [6, 6.07) is 10.9. The summed E-state index contributed by atoms with van der Waals surface area (Å²) in [6.07, 6.45) is 1.52. The molecule has 3 aromatic rings. The van der Waals surface area contributed by atoms with Crippen molar-refractivity contribution in [3.8, 4) is 6.07 Å². The fourth-order valence-electron chi connectivity index (χ4n) is 3.20. The molecule has 0 spiro atoms. The van der Waals surface area contributed by atoms with E-state index in [0.29, 0.717) is 22.2 Å². The third-order valence-electron chi connectivity index (χ3n) is 4.52. The Morgan fingerprint density at radius 3 is 2.85 bits per heavy atom. The molecular formula is C19H15N5O2. The molecule has 2 heterocycles. The van der Waals surface area contributed by atoms with E-state index in [1.165, 1.54) is 6.07 Å². The minimum Gasteiger partial charge on any atom is -0.465 e. The molecule has 1 fully saturated rings. The maximum absolute atomic E-state index is 10.9. The first-order chi connectivity index (χ1) is 12.5. The summed E-state index contributed by atoms with van der Waals surface area (Å²) in [6.45, 7) is 1.94. The molecule has 128 valence electrons. The van der Waals surface area contributed by atoms with Gasteiger partial charge in [0, 0.05) is 40.5 Å². The number of anilines is 1. The van der Waals surface area contributed by atoms with Crippen LogP contribution in [0.15, 0.2) is 36.5 Å². The van der Waals surface area contributed by atoms with E-state index in [2.05, 4.69) is 26.3 Å². The number of benzene rings is 1. The molecule has 2 N–H and O–H groups in total. The molecule has 1 aliphatic carbocycles. The van der Waals surface area contributed by atoms with Crippen LogP contribution in [0, 0.1) is 18.3 Å². The zero-order valence-corrected chi connectivity index (χ0v) is 14.0. The lowest BCUT2D eigenvalue weighted by Gasteiger charge is -2.07. The van der Waals surface area contributed by atoms with Crippen LogP contribution in [0.1, 0.15) is 41.0 Å². The molecule has 1 amide bonds. The average Bonchev–Trinajstić information content (AvgIpc) is 3.40. The first kappa shape index (κ1) is 16.0. The third-order valence-corrected chi connectivity index (χ3v) is 4.52. The van der Waals surface area contributed by atoms with Gasteiger partial charge in [0.25, 0.3) is 0 Å². The van der Waals surface area contributed by atoms with E-state index in [1.807, 2.05) is 25.1 Å². The van der Waals surface area contributed by atoms with Crippen molar-refractivity contribution in [3.63, 3.8) is 0 Å². The Morgan fingerprint density at radius 2 is 2.12 bits per heavy atom. The molecule has 0 bridgehead atoms. The van der Waals surface area contributed by atoms with E-state index >= 15 is 0 Å². The predicted octanol–water partition coefficient (Wildman–Crippen LogP) is 3.57. The zero-order chi connectivity index (χ0) is 18.3. The lowest BCUT2D eigenvalue weighted by atomic mass is 10.1. The van der Waals surface area contributed by atoms with E-state index in [-0.39, 0.29) is 11.8 Å². The topological polar surface area (TPSA) is 112 Å². The standard InChI is InChI=1S/C19H15N5O2/c1-10-4-5-21-18(22-10)15-8-14(15)16-3-2-13-11(9-20)6-12(23-19(25)26)7-17(13)24-16/h2-7,14-15,23H,8H2,1H3,(H,25,26)/t14-,15-/m0/s1. The Bertz CT molecular complexity index is 1070. The number of carboxylic acid groups (broad SMARTS) is 1. The molecule has 7 heteroatoms. The Morgan fingerprint density at radius 1 is 1.27 bits per heavy atom. The van der Waals surface area contributed by atoms with Crippen LogP contribution in [0.5, 0.6) is 0 Å². The summed E-state index contributed by atoms with van der Waals surface area (Å²) in [5, 5.41) is 21.2. The summed E-state index contributed by atoms with van der Waals surface area (Å²) in [7, 11) is 0. The smallest absolute Gasteiger partial charge is 0.409 e. The second kappa shape index (κ2) is 6.08. The minimum atomic E-state index is -1.18. The molecule has 2 atom stereocenters. The largest absolute Gasteiger partial charge is 0.465 e. The highest BCUT2D eigenvalue weighted by atomic mass is 16.4. The van der Waals surface area contributed by atoms with Crippen LogP contribution in [-0.4, -0.2) is 26.2 Å². The summed E-state index contributed by atoms with van der Waals surface area (Å²) >= 11 is 0. The molecule has 4 rings (SSSR count). The van der Waals surface area contributed by atoms with Crippen LogP contribution in [0.4, 0.5) is 10.5 Å². The molecule has 1 saturated carbocycles. The number of nitrogens with one attached hydrogen (secondary N) is 1. The van der Waals surface area contributed by atoms with E-state index < -0.39 is 6.09 Å². The monoisotopic (exact) mass is 345 g/mol. The maximum Gasteiger partial charge on any atom is 0.409 e. The molecule has 26 heavy (non-hydrogen) atoms. The first-order valence-corrected chi connectivity index (χ1v) is 8.19. The number of rotatable bonds is 3. The van der Waals surface area contributed by atoms with E-state index in [1.54, 1.807) is 12.3 Å². The number of pyridine rings is 1. The van der Waals surface area contributed by atoms with Crippen molar-refractivity contribution in [1.82, 2.24) is 15.0 Å². The summed E-state index contributed by atoms with van der Waals surface area (Å²) < 4.78 is 0. The SMILES string of the molecule is Cc1ccnc([C@H]2C[C@@H]2c2ccc3c(C#N)cc(NC(=O)O)cc3n2)n1. The molecule has 0 radical (unpaired) electrons. The zero-order valence-electron chi connectivity index (χ0n) is 14.0. The lowest BCUT2D eigenvalue weighted by Crippen LogP contribution is -2.07. The summed E-state index contributed by atoms with van der Waals surface area (Å²) in [5.41, 5.74) is 3.17. The van der Waals surface area contributed by atoms with Crippen molar-refractivity contribution >= 4 is 22.7 Å². The maximum atomic E-state index is 10.9. The highest BCUT2D eigenvalue weighted by Crippen LogP contribution is 2.53. The minimum absolute atomic E-state index is 0.239. The van der Waals surface area contributed by atoms with Crippen LogP contribution in [0.3, 0.4) is 0 Å². The van der Waals surface area contributed by atoms with Gasteiger partial charge in [-0.05, 0) is 43.7 Å². The van der Waals surface area contributed by atoms with Crippen molar-refractivity contribution in [2.75, 3.05) is 5.32 Å². The van der Waals surface area contributed by atoms with Gasteiger partial charge in [-0.2, -0.15) is 5.26 Å². The number of hydrogen-bond donors (Lipinski definition) is 2. The molecule has 7 nitrogen and oxygen atoms in total. The summed E-state index contributed by atoms with van der Waals surface area (Å²) in [4.78, 5) is 24.4. The lowest BCUT2D eigenvalue weighted by molar-refractivity contribution is 0.210. The Kier molecular flexibility index (Phi) is 3.73. The van der Waals surface area contributed by atoms with Crippen LogP contribution >= 0.6 is 0 Å². The van der Waals surface area contributed by atoms with Gasteiger partial charge in [0.2, 0.25) is 0 Å². The number of carbonyl (C=O) groups is 1. The van der Waals surface area contributed by atoms with Crippen molar-refractivity contribution in [1.29, 1.82) is 5.26 Å². The van der Waals surface area contributed by atoms with Gasteiger partial charge in [0.15, 0.2) is 0 Å². The highest BCUT2D eigenvalue weighted by molar-refractivity contribution is 5.92. The number of aromatic nitrogens is 3. The average molecular weight is 345 g/mol. The number of aryl methyl sites for hydroxylation is 1. The van der Waals surface area contributed by atoms with Gasteiger partial charge in [-0.25, -0.2) is 14.8 Å². The second-order valence-electron chi connectivity index (χ2n) is 6.37. The number of hydrogen-bond acceptors (Lipinski definition) is 5. The number of amides is 1. The third kappa shape index (κ3) is 2.93. The Hall–Kier alpha value is -3.53. The van der Waals surface area contributed by atoms with Crippen molar-refractivity contribution in [3.05, 3.63) is 59.3 Å². The van der Waals surface area contributed by atoms with Gasteiger partial charge in [-0.3, -0.25) is 10.3 Å². The van der Waals surface area contributed by atoms with Crippen molar-refractivity contribution in [2.24, 2.45) is 0 Å². The molecule has 2 aromatic heterocycles. The fourth-order valence-corrected chi connectivity index (χ4v) is 3.20. The van der Waals surface area contributed by atoms with Crippen LogP contribution in [-0.2, 0) is 0 Å². The van der Waals surface area contributed by atoms with Gasteiger partial charge in [-0.15, -0.1) is 0 Å². The summed E-state index contributed by atoms with van der Waals surface area (Å²) in [5.74, 6) is 1.31. The number of nitriles is 1. The van der Waals surface area contributed by atoms with Gasteiger partial charge in [-0.1, -0.05) is 0 Å². The Labute approximate surface area is 149 Å². The van der Waals surface area contributed by atoms with Gasteiger partial charge in [0.1, 0.15) is 5.82 Å². The number of nitrogens with zero attached hydrogens (tertiary/aromatic N) is 4. The van der Waals surface area contributed by atoms with Gasteiger partial charge >= 0.3 is 6.09 Å². The van der Waals surface area contributed by atoms with Crippen molar-refractivity contribution < 1.29 is 9.90 Å². The molecule has 0 aliphatic heterocycles. The Balaban J connectivity index is 1.69. The highest BCUT2D eigenvalue weighted by Gasteiger charge is 2.42. The van der Waals surface area contributed by atoms with Crippen molar-refractivity contribution in [2.45, 2.75) is 25.2 Å². The molecular weight excluding hydrogens is 330 g/mol. The van der Waals surface area contributed by atoms with Crippen LogP contribution < -0.4 is 5.32 Å². The second-order valence-corrected chi connectivity index (χ2v) is 6.37. The normalized spacial score (nSPS) is 18.3. The quantitative estimate of drug-likeness (QED) is 0.750. The fraction of sp³-hybridized carbons (Fsp3) is 0.211. The van der Waals surface area contributed by atoms with Gasteiger partial charge in [0.05, 0.1) is 17.1 Å². The van der Waals surface area contributed by atoms with E-state index in [9.17, 15) is 10.1 Å². The predicted molar refractivity (Wildman–Crippen MR) is 95.0 cm³/mol. The first-order valence-electron chi connectivity index (χ1n) is 8.19. The molecule has 1 aliphatic rings. The molecule has 1 aromatic carbocycles. The van der Waals surface area contributed by atoms with Crippen LogP contribution in [0.25, 0.3) is 10.9 Å².